The molecule has 23 heavy (non-hydrogen) atoms. The van der Waals surface area contributed by atoms with Crippen LogP contribution in [0.4, 0.5) is 0 Å². The molecular formula is C19H29NO3. The van der Waals surface area contributed by atoms with Gasteiger partial charge in [-0.25, -0.2) is 0 Å². The number of aliphatic hydroxyl groups is 1. The molecule has 1 aromatic rings. The number of nitrogens with one attached hydrogen (secondary N) is 1. The molecule has 2 rings (SSSR count). The molecule has 0 bridgehead atoms. The molecule has 2 N–H and O–H groups in total. The van der Waals surface area contributed by atoms with Crippen LogP contribution in [0.5, 0.6) is 0 Å². The number of methoxy groups -OCH3 is 1. The molecular weight excluding hydrogens is 290 g/mol. The van der Waals surface area contributed by atoms with Gasteiger partial charge < -0.3 is 15.2 Å². The van der Waals surface area contributed by atoms with Crippen molar-refractivity contribution in [2.24, 2.45) is 23.7 Å². The van der Waals surface area contributed by atoms with E-state index in [0.717, 1.165) is 5.56 Å². The molecule has 1 aliphatic rings. The number of carbonyl (C=O) groups is 1. The summed E-state index contributed by atoms with van der Waals surface area (Å²) >= 11 is 0. The minimum absolute atomic E-state index is 0.0296. The maximum Gasteiger partial charge on any atom is 0.223 e. The summed E-state index contributed by atoms with van der Waals surface area (Å²) in [6.45, 7) is 6.72. The lowest BCUT2D eigenvalue weighted by Crippen LogP contribution is -2.53. The smallest absolute Gasteiger partial charge is 0.223 e. The number of ether oxygens (including phenoxy) is 1. The largest absolute Gasteiger partial charge is 0.390 e. The van der Waals surface area contributed by atoms with E-state index in [-0.39, 0.29) is 35.7 Å². The van der Waals surface area contributed by atoms with Gasteiger partial charge in [-0.2, -0.15) is 0 Å². The van der Waals surface area contributed by atoms with E-state index in [0.29, 0.717) is 13.0 Å². The molecule has 1 aliphatic carbocycles. The fourth-order valence-electron chi connectivity index (χ4n) is 3.82. The second kappa shape index (κ2) is 7.93. The lowest BCUT2D eigenvalue weighted by molar-refractivity contribution is -0.150. The Hall–Kier alpha value is -1.39. The molecule has 0 spiro atoms. The van der Waals surface area contributed by atoms with Gasteiger partial charge in [-0.1, -0.05) is 51.1 Å². The van der Waals surface area contributed by atoms with Gasteiger partial charge in [0, 0.05) is 25.5 Å². The van der Waals surface area contributed by atoms with E-state index in [1.165, 1.54) is 0 Å². The van der Waals surface area contributed by atoms with Crippen LogP contribution < -0.4 is 5.32 Å². The standard InChI is InChI=1S/C19H29NO3/c1-12(2)16-15(10-13(3)17(21)18(16)23-4)19(22)20-11-14-8-6-5-7-9-14/h5-9,12-13,15-18,21H,10-11H2,1-4H3,(H,20,22)/t13-,15-,16+,17?,18?/m1/s1. The number of rotatable bonds is 5. The molecule has 5 atom stereocenters. The zero-order chi connectivity index (χ0) is 17.0. The molecule has 1 aromatic carbocycles. The van der Waals surface area contributed by atoms with Crippen LogP contribution in [0.15, 0.2) is 30.3 Å². The number of amides is 1. The van der Waals surface area contributed by atoms with E-state index >= 15 is 0 Å². The third-order valence-electron chi connectivity index (χ3n) is 5.08. The fourth-order valence-corrected chi connectivity index (χ4v) is 3.82. The molecule has 0 saturated heterocycles. The summed E-state index contributed by atoms with van der Waals surface area (Å²) < 4.78 is 5.56. The average molecular weight is 319 g/mol. The van der Waals surface area contributed by atoms with Crippen molar-refractivity contribution >= 4 is 5.91 Å². The highest BCUT2D eigenvalue weighted by Gasteiger charge is 2.46. The molecule has 4 nitrogen and oxygen atoms in total. The zero-order valence-electron chi connectivity index (χ0n) is 14.5. The van der Waals surface area contributed by atoms with E-state index in [1.807, 2.05) is 37.3 Å². The molecule has 1 amide bonds. The third kappa shape index (κ3) is 4.12. The fraction of sp³-hybridized carbons (Fsp3) is 0.632. The van der Waals surface area contributed by atoms with Crippen LogP contribution >= 0.6 is 0 Å². The first kappa shape index (κ1) is 18.0. The van der Waals surface area contributed by atoms with Gasteiger partial charge in [-0.15, -0.1) is 0 Å². The number of aliphatic hydroxyl groups excluding tert-OH is 1. The van der Waals surface area contributed by atoms with E-state index < -0.39 is 6.10 Å². The highest BCUT2D eigenvalue weighted by atomic mass is 16.5. The highest BCUT2D eigenvalue weighted by molar-refractivity contribution is 5.79. The van der Waals surface area contributed by atoms with Crippen LogP contribution in [0, 0.1) is 23.7 Å². The summed E-state index contributed by atoms with van der Waals surface area (Å²) in [5.41, 5.74) is 1.09. The molecule has 0 aromatic heterocycles. The van der Waals surface area contributed by atoms with Crippen LogP contribution in [-0.2, 0) is 16.1 Å². The Kier molecular flexibility index (Phi) is 6.19. The van der Waals surface area contributed by atoms with Crippen LogP contribution in [0.25, 0.3) is 0 Å². The van der Waals surface area contributed by atoms with Gasteiger partial charge in [0.25, 0.3) is 0 Å². The van der Waals surface area contributed by atoms with Crippen molar-refractivity contribution in [3.05, 3.63) is 35.9 Å². The molecule has 2 unspecified atom stereocenters. The van der Waals surface area contributed by atoms with Crippen molar-refractivity contribution in [1.29, 1.82) is 0 Å². The van der Waals surface area contributed by atoms with Crippen LogP contribution in [0.3, 0.4) is 0 Å². The van der Waals surface area contributed by atoms with Crippen molar-refractivity contribution in [3.8, 4) is 0 Å². The molecule has 1 fully saturated rings. The van der Waals surface area contributed by atoms with Crippen LogP contribution in [-0.4, -0.2) is 30.3 Å². The van der Waals surface area contributed by atoms with Crippen LogP contribution in [0.2, 0.25) is 0 Å². The average Bonchev–Trinajstić information content (AvgIpc) is 2.55. The molecule has 128 valence electrons. The minimum Gasteiger partial charge on any atom is -0.390 e. The van der Waals surface area contributed by atoms with Gasteiger partial charge in [0.2, 0.25) is 5.91 Å². The summed E-state index contributed by atoms with van der Waals surface area (Å²) in [4.78, 5) is 12.8. The van der Waals surface area contributed by atoms with Crippen molar-refractivity contribution < 1.29 is 14.6 Å². The van der Waals surface area contributed by atoms with Gasteiger partial charge in [0.1, 0.15) is 0 Å². The third-order valence-corrected chi connectivity index (χ3v) is 5.08. The minimum atomic E-state index is -0.509. The maximum absolute atomic E-state index is 12.8. The van der Waals surface area contributed by atoms with Gasteiger partial charge >= 0.3 is 0 Å². The monoisotopic (exact) mass is 319 g/mol. The van der Waals surface area contributed by atoms with Gasteiger partial charge in [0.05, 0.1) is 12.2 Å². The number of carbonyl (C=O) groups excluding carboxylic acids is 1. The van der Waals surface area contributed by atoms with E-state index in [2.05, 4.69) is 19.2 Å². The highest BCUT2D eigenvalue weighted by Crippen LogP contribution is 2.40. The topological polar surface area (TPSA) is 58.6 Å². The Morgan fingerprint density at radius 2 is 2.00 bits per heavy atom. The lowest BCUT2D eigenvalue weighted by atomic mass is 9.66. The van der Waals surface area contributed by atoms with Crippen molar-refractivity contribution in [1.82, 2.24) is 5.32 Å². The first-order valence-electron chi connectivity index (χ1n) is 8.48. The summed E-state index contributed by atoms with van der Waals surface area (Å²) in [5.74, 6) is 0.300. The van der Waals surface area contributed by atoms with E-state index in [9.17, 15) is 9.90 Å². The van der Waals surface area contributed by atoms with E-state index in [4.69, 9.17) is 4.74 Å². The van der Waals surface area contributed by atoms with Crippen LogP contribution in [0.1, 0.15) is 32.8 Å². The number of benzene rings is 1. The first-order chi connectivity index (χ1) is 11.0. The molecule has 0 heterocycles. The van der Waals surface area contributed by atoms with Crippen molar-refractivity contribution in [3.63, 3.8) is 0 Å². The molecule has 1 saturated carbocycles. The lowest BCUT2D eigenvalue weighted by Gasteiger charge is -2.44. The number of hydrogen-bond acceptors (Lipinski definition) is 3. The summed E-state index contributed by atoms with van der Waals surface area (Å²) in [5, 5.41) is 13.5. The Morgan fingerprint density at radius 1 is 1.35 bits per heavy atom. The zero-order valence-corrected chi connectivity index (χ0v) is 14.5. The number of hydrogen-bond donors (Lipinski definition) is 2. The first-order valence-corrected chi connectivity index (χ1v) is 8.48. The van der Waals surface area contributed by atoms with Crippen molar-refractivity contribution in [2.45, 2.75) is 45.9 Å². The van der Waals surface area contributed by atoms with Crippen molar-refractivity contribution in [2.75, 3.05) is 7.11 Å². The quantitative estimate of drug-likeness (QED) is 0.877. The normalized spacial score (nSPS) is 31.1. The SMILES string of the molecule is COC1C(O)[C@H](C)C[C@@H](C(=O)NCc2ccccc2)[C@@H]1C(C)C. The summed E-state index contributed by atoms with van der Waals surface area (Å²) in [6, 6.07) is 9.92. The predicted molar refractivity (Wildman–Crippen MR) is 90.7 cm³/mol. The predicted octanol–water partition coefficient (Wildman–Crippen LogP) is 2.61. The van der Waals surface area contributed by atoms with Gasteiger partial charge in [0.15, 0.2) is 0 Å². The molecule has 0 aliphatic heterocycles. The Morgan fingerprint density at radius 3 is 2.57 bits per heavy atom. The van der Waals surface area contributed by atoms with Gasteiger partial charge in [-0.05, 0) is 23.8 Å². The second-order valence-corrected chi connectivity index (χ2v) is 7.04. The molecule has 4 heteroatoms. The Balaban J connectivity index is 2.09. The summed E-state index contributed by atoms with van der Waals surface area (Å²) in [7, 11) is 1.63. The molecule has 0 radical (unpaired) electrons. The second-order valence-electron chi connectivity index (χ2n) is 7.04. The maximum atomic E-state index is 12.8. The van der Waals surface area contributed by atoms with Gasteiger partial charge in [-0.3, -0.25) is 4.79 Å². The van der Waals surface area contributed by atoms with E-state index in [1.54, 1.807) is 7.11 Å². The Labute approximate surface area is 139 Å². The Bertz CT molecular complexity index is 503. The summed E-state index contributed by atoms with van der Waals surface area (Å²) in [6.07, 6.45) is -0.0957.